The Kier molecular flexibility index (Phi) is 3.32. The number of aromatic nitrogens is 1. The summed E-state index contributed by atoms with van der Waals surface area (Å²) in [5, 5.41) is 0. The van der Waals surface area contributed by atoms with Gasteiger partial charge in [-0.2, -0.15) is 13.2 Å². The van der Waals surface area contributed by atoms with Gasteiger partial charge in [-0.3, -0.25) is 4.98 Å². The molecule has 1 aromatic rings. The maximum atomic E-state index is 12.4. The van der Waals surface area contributed by atoms with Crippen LogP contribution in [0.3, 0.4) is 0 Å². The van der Waals surface area contributed by atoms with Gasteiger partial charge in [-0.15, -0.1) is 0 Å². The summed E-state index contributed by atoms with van der Waals surface area (Å²) in [6.45, 7) is 1.11. The molecule has 0 spiro atoms. The minimum atomic E-state index is -4.69. The number of hydrogen-bond donors (Lipinski definition) is 0. The van der Waals surface area contributed by atoms with Gasteiger partial charge < -0.3 is 0 Å². The number of alkyl halides is 5. The van der Waals surface area contributed by atoms with E-state index in [0.29, 0.717) is 0 Å². The van der Waals surface area contributed by atoms with Gasteiger partial charge in [0.2, 0.25) is 0 Å². The molecule has 1 nitrogen and oxygen atoms in total. The van der Waals surface area contributed by atoms with Crippen molar-refractivity contribution < 1.29 is 22.0 Å². The van der Waals surface area contributed by atoms with E-state index in [2.05, 4.69) is 20.9 Å². The number of hydrogen-bond acceptors (Lipinski definition) is 1. The van der Waals surface area contributed by atoms with Crippen LogP contribution in [0.4, 0.5) is 22.0 Å². The summed E-state index contributed by atoms with van der Waals surface area (Å²) in [4.78, 5) is 3.30. The van der Waals surface area contributed by atoms with E-state index < -0.39 is 28.2 Å². The third-order valence-corrected chi connectivity index (χ3v) is 2.60. The molecule has 0 saturated heterocycles. The lowest BCUT2D eigenvalue weighted by molar-refractivity contribution is -0.139. The Hall–Kier alpha value is -0.720. The molecular formula is C8H5BrF5N. The Morgan fingerprint density at radius 2 is 1.87 bits per heavy atom. The van der Waals surface area contributed by atoms with Crippen LogP contribution in [0, 0.1) is 6.92 Å². The van der Waals surface area contributed by atoms with Crippen LogP contribution in [-0.4, -0.2) is 4.98 Å². The van der Waals surface area contributed by atoms with Crippen LogP contribution in [0.1, 0.15) is 23.2 Å². The molecule has 0 unspecified atom stereocenters. The molecule has 0 atom stereocenters. The van der Waals surface area contributed by atoms with Crippen molar-refractivity contribution in [3.8, 4) is 0 Å². The van der Waals surface area contributed by atoms with Gasteiger partial charge in [-0.25, -0.2) is 8.78 Å². The van der Waals surface area contributed by atoms with Crippen LogP contribution in [0.25, 0.3) is 0 Å². The van der Waals surface area contributed by atoms with Crippen LogP contribution < -0.4 is 0 Å². The van der Waals surface area contributed by atoms with Crippen molar-refractivity contribution in [2.75, 3.05) is 0 Å². The summed E-state index contributed by atoms with van der Waals surface area (Å²) in [5.74, 6) is 0. The fourth-order valence-corrected chi connectivity index (χ4v) is 1.86. The largest absolute Gasteiger partial charge is 0.419 e. The van der Waals surface area contributed by atoms with Crippen LogP contribution in [0.15, 0.2) is 10.7 Å². The molecule has 1 heterocycles. The topological polar surface area (TPSA) is 12.9 Å². The molecular weight excluding hydrogens is 285 g/mol. The van der Waals surface area contributed by atoms with E-state index in [1.165, 1.54) is 0 Å². The van der Waals surface area contributed by atoms with Crippen molar-refractivity contribution in [1.29, 1.82) is 0 Å². The lowest BCUT2D eigenvalue weighted by Gasteiger charge is -2.14. The predicted molar refractivity (Wildman–Crippen MR) is 46.6 cm³/mol. The zero-order valence-electron chi connectivity index (χ0n) is 7.37. The number of halogens is 6. The van der Waals surface area contributed by atoms with E-state index in [4.69, 9.17) is 0 Å². The standard InChI is InChI=1S/C8H5BrF5N/c1-3-5(8(12,13)14)6(9)4(2-15-3)7(10)11/h2,7H,1H3. The second-order valence-electron chi connectivity index (χ2n) is 2.79. The van der Waals surface area contributed by atoms with E-state index in [-0.39, 0.29) is 5.69 Å². The van der Waals surface area contributed by atoms with Crippen molar-refractivity contribution in [3.05, 3.63) is 27.5 Å². The molecule has 84 valence electrons. The summed E-state index contributed by atoms with van der Waals surface area (Å²) >= 11 is 2.53. The molecule has 0 fully saturated rings. The molecule has 7 heteroatoms. The van der Waals surface area contributed by atoms with Gasteiger partial charge in [0, 0.05) is 10.7 Å². The number of aryl methyl sites for hydroxylation is 1. The molecule has 0 amide bonds. The maximum absolute atomic E-state index is 12.4. The number of nitrogens with zero attached hydrogens (tertiary/aromatic N) is 1. The zero-order chi connectivity index (χ0) is 11.8. The van der Waals surface area contributed by atoms with Gasteiger partial charge in [-0.1, -0.05) is 0 Å². The fourth-order valence-electron chi connectivity index (χ4n) is 1.07. The van der Waals surface area contributed by atoms with Gasteiger partial charge >= 0.3 is 6.18 Å². The minimum Gasteiger partial charge on any atom is -0.260 e. The second kappa shape index (κ2) is 4.03. The van der Waals surface area contributed by atoms with Crippen molar-refractivity contribution >= 4 is 15.9 Å². The smallest absolute Gasteiger partial charge is 0.260 e. The average molecular weight is 290 g/mol. The SMILES string of the molecule is Cc1ncc(C(F)F)c(Br)c1C(F)(F)F. The lowest BCUT2D eigenvalue weighted by atomic mass is 10.1. The molecule has 0 aliphatic carbocycles. The molecule has 0 aliphatic rings. The molecule has 0 bridgehead atoms. The zero-order valence-corrected chi connectivity index (χ0v) is 8.96. The highest BCUT2D eigenvalue weighted by molar-refractivity contribution is 9.10. The summed E-state index contributed by atoms with van der Waals surface area (Å²) in [6.07, 6.45) is -6.95. The van der Waals surface area contributed by atoms with Crippen LogP contribution in [0.5, 0.6) is 0 Å². The third kappa shape index (κ3) is 2.45. The monoisotopic (exact) mass is 289 g/mol. The third-order valence-electron chi connectivity index (χ3n) is 1.75. The summed E-state index contributed by atoms with van der Waals surface area (Å²) in [6, 6.07) is 0. The van der Waals surface area contributed by atoms with Gasteiger partial charge in [0.15, 0.2) is 0 Å². The summed E-state index contributed by atoms with van der Waals surface area (Å²) in [7, 11) is 0. The second-order valence-corrected chi connectivity index (χ2v) is 3.58. The van der Waals surface area contributed by atoms with E-state index >= 15 is 0 Å². The molecule has 0 aromatic carbocycles. The summed E-state index contributed by atoms with van der Waals surface area (Å²) in [5.41, 5.74) is -2.24. The van der Waals surface area contributed by atoms with Crippen molar-refractivity contribution in [3.63, 3.8) is 0 Å². The number of pyridine rings is 1. The van der Waals surface area contributed by atoms with E-state index in [1.807, 2.05) is 0 Å². The van der Waals surface area contributed by atoms with E-state index in [9.17, 15) is 22.0 Å². The first-order valence-electron chi connectivity index (χ1n) is 3.75. The lowest BCUT2D eigenvalue weighted by Crippen LogP contribution is -2.11. The molecule has 0 aliphatic heterocycles. The van der Waals surface area contributed by atoms with Crippen LogP contribution >= 0.6 is 15.9 Å². The van der Waals surface area contributed by atoms with E-state index in [0.717, 1.165) is 13.1 Å². The van der Waals surface area contributed by atoms with Gasteiger partial charge in [0.05, 0.1) is 16.8 Å². The van der Waals surface area contributed by atoms with Gasteiger partial charge in [0.1, 0.15) is 0 Å². The van der Waals surface area contributed by atoms with Gasteiger partial charge in [0.25, 0.3) is 6.43 Å². The minimum absolute atomic E-state index is 0.334. The average Bonchev–Trinajstić information content (AvgIpc) is 2.00. The first-order chi connectivity index (χ1) is 6.75. The first kappa shape index (κ1) is 12.4. The Morgan fingerprint density at radius 3 is 2.27 bits per heavy atom. The molecule has 1 aromatic heterocycles. The fraction of sp³-hybridized carbons (Fsp3) is 0.375. The van der Waals surface area contributed by atoms with Crippen molar-refractivity contribution in [2.45, 2.75) is 19.5 Å². The van der Waals surface area contributed by atoms with Crippen molar-refractivity contribution in [2.24, 2.45) is 0 Å². The molecule has 0 saturated carbocycles. The quantitative estimate of drug-likeness (QED) is 0.709. The van der Waals surface area contributed by atoms with Crippen molar-refractivity contribution in [1.82, 2.24) is 4.98 Å². The molecule has 0 radical (unpaired) electrons. The highest BCUT2D eigenvalue weighted by atomic mass is 79.9. The Labute approximate surface area is 90.4 Å². The Bertz CT molecular complexity index is 374. The highest BCUT2D eigenvalue weighted by Crippen LogP contribution is 2.40. The highest BCUT2D eigenvalue weighted by Gasteiger charge is 2.37. The Balaban J connectivity index is 3.44. The molecule has 1 rings (SSSR count). The molecule has 15 heavy (non-hydrogen) atoms. The predicted octanol–water partition coefficient (Wildman–Crippen LogP) is 4.11. The first-order valence-corrected chi connectivity index (χ1v) is 4.54. The Morgan fingerprint density at radius 1 is 1.33 bits per heavy atom. The normalized spacial score (nSPS) is 12.3. The van der Waals surface area contributed by atoms with Crippen LogP contribution in [-0.2, 0) is 6.18 Å². The molecule has 0 N–H and O–H groups in total. The van der Waals surface area contributed by atoms with E-state index in [1.54, 1.807) is 0 Å². The van der Waals surface area contributed by atoms with Gasteiger partial charge in [-0.05, 0) is 22.9 Å². The number of rotatable bonds is 1. The van der Waals surface area contributed by atoms with Crippen LogP contribution in [0.2, 0.25) is 0 Å². The summed E-state index contributed by atoms with van der Waals surface area (Å²) < 4.78 is 61.3. The maximum Gasteiger partial charge on any atom is 0.419 e.